The highest BCUT2D eigenvalue weighted by Gasteiger charge is 2.56. The summed E-state index contributed by atoms with van der Waals surface area (Å²) in [5, 5.41) is 5.54. The number of anilines is 1. The average Bonchev–Trinajstić information content (AvgIpc) is 3.43. The van der Waals surface area contributed by atoms with Gasteiger partial charge in [0.15, 0.2) is 0 Å². The van der Waals surface area contributed by atoms with Crippen molar-refractivity contribution in [1.29, 1.82) is 0 Å². The second kappa shape index (κ2) is 6.93. The van der Waals surface area contributed by atoms with Crippen LogP contribution in [0.15, 0.2) is 48.5 Å². The van der Waals surface area contributed by atoms with Gasteiger partial charge < -0.3 is 15.4 Å². The Morgan fingerprint density at radius 2 is 1.76 bits per heavy atom. The highest BCUT2D eigenvalue weighted by molar-refractivity contribution is 6.13. The summed E-state index contributed by atoms with van der Waals surface area (Å²) >= 11 is 0. The SMILES string of the molecule is COc1ccccc1NC(=O)C1(C(=O)NCc2ccc(F)cc2)CC1. The fourth-order valence-corrected chi connectivity index (χ4v) is 2.63. The van der Waals surface area contributed by atoms with Gasteiger partial charge in [0.2, 0.25) is 11.8 Å². The number of hydrogen-bond acceptors (Lipinski definition) is 3. The van der Waals surface area contributed by atoms with Crippen molar-refractivity contribution in [3.8, 4) is 5.75 Å². The highest BCUT2D eigenvalue weighted by atomic mass is 19.1. The number of amides is 2. The third kappa shape index (κ3) is 3.63. The molecule has 2 aromatic rings. The number of rotatable bonds is 6. The van der Waals surface area contributed by atoms with E-state index in [0.29, 0.717) is 24.3 Å². The Bertz CT molecular complexity index is 786. The van der Waals surface area contributed by atoms with Crippen molar-refractivity contribution >= 4 is 17.5 Å². The average molecular weight is 342 g/mol. The largest absolute Gasteiger partial charge is 0.495 e. The molecule has 2 aromatic carbocycles. The number of para-hydroxylation sites is 2. The smallest absolute Gasteiger partial charge is 0.240 e. The lowest BCUT2D eigenvalue weighted by Crippen LogP contribution is -2.39. The minimum absolute atomic E-state index is 0.253. The fourth-order valence-electron chi connectivity index (χ4n) is 2.63. The van der Waals surface area contributed by atoms with Gasteiger partial charge in [0.1, 0.15) is 17.0 Å². The molecule has 0 spiro atoms. The Morgan fingerprint density at radius 3 is 2.40 bits per heavy atom. The number of hydrogen-bond donors (Lipinski definition) is 2. The van der Waals surface area contributed by atoms with Gasteiger partial charge in [0, 0.05) is 6.54 Å². The van der Waals surface area contributed by atoms with Crippen LogP contribution >= 0.6 is 0 Å². The summed E-state index contributed by atoms with van der Waals surface area (Å²) in [6.07, 6.45) is 1.01. The molecule has 3 rings (SSSR count). The van der Waals surface area contributed by atoms with E-state index in [2.05, 4.69) is 10.6 Å². The zero-order chi connectivity index (χ0) is 17.9. The Balaban J connectivity index is 1.63. The summed E-state index contributed by atoms with van der Waals surface area (Å²) in [6, 6.07) is 12.9. The molecule has 2 amide bonds. The van der Waals surface area contributed by atoms with E-state index in [0.717, 1.165) is 5.56 Å². The van der Waals surface area contributed by atoms with E-state index in [1.807, 2.05) is 0 Å². The lowest BCUT2D eigenvalue weighted by atomic mass is 10.0. The van der Waals surface area contributed by atoms with E-state index >= 15 is 0 Å². The van der Waals surface area contributed by atoms with Crippen LogP contribution in [-0.4, -0.2) is 18.9 Å². The van der Waals surface area contributed by atoms with Crippen LogP contribution in [0.1, 0.15) is 18.4 Å². The van der Waals surface area contributed by atoms with Gasteiger partial charge in [-0.15, -0.1) is 0 Å². The maximum absolute atomic E-state index is 12.9. The van der Waals surface area contributed by atoms with Crippen LogP contribution < -0.4 is 15.4 Å². The second-order valence-electron chi connectivity index (χ2n) is 6.05. The number of halogens is 1. The second-order valence-corrected chi connectivity index (χ2v) is 6.05. The molecule has 0 atom stereocenters. The van der Waals surface area contributed by atoms with Crippen molar-refractivity contribution in [3.63, 3.8) is 0 Å². The van der Waals surface area contributed by atoms with Crippen LogP contribution in [0.25, 0.3) is 0 Å². The molecule has 0 saturated heterocycles. The van der Waals surface area contributed by atoms with Crippen molar-refractivity contribution in [1.82, 2.24) is 5.32 Å². The van der Waals surface area contributed by atoms with E-state index in [4.69, 9.17) is 4.74 Å². The van der Waals surface area contributed by atoms with Gasteiger partial charge in [0.25, 0.3) is 0 Å². The molecule has 0 bridgehead atoms. The summed E-state index contributed by atoms with van der Waals surface area (Å²) in [5.74, 6) is -0.443. The predicted octanol–water partition coefficient (Wildman–Crippen LogP) is 2.87. The van der Waals surface area contributed by atoms with Gasteiger partial charge in [-0.1, -0.05) is 24.3 Å². The van der Waals surface area contributed by atoms with E-state index in [9.17, 15) is 14.0 Å². The van der Waals surface area contributed by atoms with Gasteiger partial charge >= 0.3 is 0 Å². The normalized spacial score (nSPS) is 14.5. The van der Waals surface area contributed by atoms with E-state index in [1.54, 1.807) is 36.4 Å². The Kier molecular flexibility index (Phi) is 4.70. The van der Waals surface area contributed by atoms with Crippen molar-refractivity contribution < 1.29 is 18.7 Å². The van der Waals surface area contributed by atoms with Crippen molar-refractivity contribution in [2.45, 2.75) is 19.4 Å². The maximum Gasteiger partial charge on any atom is 0.240 e. The molecule has 1 aliphatic rings. The van der Waals surface area contributed by atoms with Crippen LogP contribution in [0.2, 0.25) is 0 Å². The van der Waals surface area contributed by atoms with Crippen molar-refractivity contribution in [2.24, 2.45) is 5.41 Å². The van der Waals surface area contributed by atoms with Crippen LogP contribution in [0.3, 0.4) is 0 Å². The van der Waals surface area contributed by atoms with Crippen LogP contribution in [0, 0.1) is 11.2 Å². The topological polar surface area (TPSA) is 67.4 Å². The quantitative estimate of drug-likeness (QED) is 0.793. The zero-order valence-electron chi connectivity index (χ0n) is 13.8. The molecule has 1 fully saturated rings. The molecule has 1 saturated carbocycles. The lowest BCUT2D eigenvalue weighted by Gasteiger charge is -2.16. The Morgan fingerprint density at radius 1 is 1.08 bits per heavy atom. The third-order valence-corrected chi connectivity index (χ3v) is 4.34. The van der Waals surface area contributed by atoms with Crippen molar-refractivity contribution in [2.75, 3.05) is 12.4 Å². The Hall–Kier alpha value is -2.89. The standard InChI is InChI=1S/C19H19FN2O3/c1-25-16-5-3-2-4-15(16)22-18(24)19(10-11-19)17(23)21-12-13-6-8-14(20)9-7-13/h2-9H,10-12H2,1H3,(H,21,23)(H,22,24). The lowest BCUT2D eigenvalue weighted by molar-refractivity contribution is -0.134. The summed E-state index contributed by atoms with van der Waals surface area (Å²) in [4.78, 5) is 25.1. The van der Waals surface area contributed by atoms with E-state index < -0.39 is 5.41 Å². The first kappa shape index (κ1) is 17.0. The van der Waals surface area contributed by atoms with Gasteiger partial charge in [-0.2, -0.15) is 0 Å². The number of ether oxygens (including phenoxy) is 1. The molecule has 5 nitrogen and oxygen atoms in total. The molecule has 0 radical (unpaired) electrons. The number of nitrogens with one attached hydrogen (secondary N) is 2. The number of carbonyl (C=O) groups excluding carboxylic acids is 2. The molecule has 0 aromatic heterocycles. The van der Waals surface area contributed by atoms with E-state index in [1.165, 1.54) is 19.2 Å². The number of benzene rings is 2. The highest BCUT2D eigenvalue weighted by Crippen LogP contribution is 2.47. The molecular weight excluding hydrogens is 323 g/mol. The van der Waals surface area contributed by atoms with Crippen LogP contribution in [0.5, 0.6) is 5.75 Å². The number of methoxy groups -OCH3 is 1. The summed E-state index contributed by atoms with van der Waals surface area (Å²) in [5.41, 5.74) is 0.268. The monoisotopic (exact) mass is 342 g/mol. The predicted molar refractivity (Wildman–Crippen MR) is 91.5 cm³/mol. The molecule has 0 unspecified atom stereocenters. The van der Waals surface area contributed by atoms with Gasteiger partial charge in [0.05, 0.1) is 12.8 Å². The first-order chi connectivity index (χ1) is 12.0. The minimum Gasteiger partial charge on any atom is -0.495 e. The fraction of sp³-hybridized carbons (Fsp3) is 0.263. The summed E-state index contributed by atoms with van der Waals surface area (Å²) < 4.78 is 18.1. The molecule has 0 aliphatic heterocycles. The molecular formula is C19H19FN2O3. The molecule has 25 heavy (non-hydrogen) atoms. The molecule has 0 heterocycles. The van der Waals surface area contributed by atoms with Gasteiger partial charge in [-0.25, -0.2) is 4.39 Å². The zero-order valence-corrected chi connectivity index (χ0v) is 13.8. The third-order valence-electron chi connectivity index (χ3n) is 4.34. The Labute approximate surface area is 145 Å². The van der Waals surface area contributed by atoms with Crippen LogP contribution in [0.4, 0.5) is 10.1 Å². The molecule has 1 aliphatic carbocycles. The molecule has 6 heteroatoms. The first-order valence-corrected chi connectivity index (χ1v) is 8.02. The summed E-state index contributed by atoms with van der Waals surface area (Å²) in [6.45, 7) is 0.253. The number of carbonyl (C=O) groups is 2. The minimum atomic E-state index is -1.04. The maximum atomic E-state index is 12.9. The van der Waals surface area contributed by atoms with Crippen LogP contribution in [-0.2, 0) is 16.1 Å². The van der Waals surface area contributed by atoms with E-state index in [-0.39, 0.29) is 24.2 Å². The molecule has 130 valence electrons. The van der Waals surface area contributed by atoms with Crippen molar-refractivity contribution in [3.05, 3.63) is 59.9 Å². The van der Waals surface area contributed by atoms with Gasteiger partial charge in [-0.3, -0.25) is 9.59 Å². The van der Waals surface area contributed by atoms with Gasteiger partial charge in [-0.05, 0) is 42.7 Å². The first-order valence-electron chi connectivity index (χ1n) is 8.02. The summed E-state index contributed by atoms with van der Waals surface area (Å²) in [7, 11) is 1.52. The molecule has 2 N–H and O–H groups in total.